The second-order valence-electron chi connectivity index (χ2n) is 7.33. The van der Waals surface area contributed by atoms with Crippen LogP contribution in [0, 0.1) is 19.3 Å². The van der Waals surface area contributed by atoms with Crippen LogP contribution in [0.1, 0.15) is 48.2 Å². The second kappa shape index (κ2) is 8.71. The van der Waals surface area contributed by atoms with E-state index in [1.54, 1.807) is 12.1 Å². The van der Waals surface area contributed by atoms with Gasteiger partial charge in [-0.25, -0.2) is 4.79 Å². The molecule has 0 aliphatic carbocycles. The van der Waals surface area contributed by atoms with Gasteiger partial charge in [-0.2, -0.15) is 0 Å². The molecule has 0 saturated carbocycles. The summed E-state index contributed by atoms with van der Waals surface area (Å²) in [6.45, 7) is 8.16. The van der Waals surface area contributed by atoms with Crippen molar-refractivity contribution in [3.05, 3.63) is 59.2 Å². The number of carboxylic acid groups (broad SMARTS) is 1. The van der Waals surface area contributed by atoms with E-state index in [2.05, 4.69) is 0 Å². The topological polar surface area (TPSA) is 72.8 Å². The number of ether oxygens (including phenoxy) is 2. The van der Waals surface area contributed by atoms with Crippen molar-refractivity contribution in [2.24, 2.45) is 5.41 Å². The summed E-state index contributed by atoms with van der Waals surface area (Å²) in [7, 11) is 0. The molecule has 2 aromatic rings. The van der Waals surface area contributed by atoms with Gasteiger partial charge in [0.25, 0.3) is 0 Å². The summed E-state index contributed by atoms with van der Waals surface area (Å²) >= 11 is 0. The molecule has 0 heterocycles. The van der Waals surface area contributed by atoms with E-state index in [-0.39, 0.29) is 11.3 Å². The zero-order valence-electron chi connectivity index (χ0n) is 16.2. The third-order valence-electron chi connectivity index (χ3n) is 4.39. The van der Waals surface area contributed by atoms with Crippen molar-refractivity contribution in [1.29, 1.82) is 0 Å². The third kappa shape index (κ3) is 5.84. The maximum atomic E-state index is 12.5. The quantitative estimate of drug-likeness (QED) is 0.411. The molecule has 0 atom stereocenters. The van der Waals surface area contributed by atoms with Crippen molar-refractivity contribution in [2.45, 2.75) is 40.5 Å². The number of benzene rings is 2. The van der Waals surface area contributed by atoms with Crippen molar-refractivity contribution in [1.82, 2.24) is 0 Å². The Labute approximate surface area is 159 Å². The summed E-state index contributed by atoms with van der Waals surface area (Å²) in [5.74, 6) is -0.354. The molecule has 0 aliphatic heterocycles. The molecule has 144 valence electrons. The molecule has 0 fully saturated rings. The van der Waals surface area contributed by atoms with Crippen LogP contribution in [-0.2, 0) is 4.79 Å². The molecule has 5 heteroatoms. The maximum Gasteiger partial charge on any atom is 0.335 e. The highest BCUT2D eigenvalue weighted by atomic mass is 16.5. The van der Waals surface area contributed by atoms with E-state index < -0.39 is 17.4 Å². The molecule has 0 saturated heterocycles. The summed E-state index contributed by atoms with van der Waals surface area (Å²) in [6.07, 6.45) is 1.29. The van der Waals surface area contributed by atoms with Crippen LogP contribution in [-0.4, -0.2) is 23.7 Å². The van der Waals surface area contributed by atoms with E-state index >= 15 is 0 Å². The zero-order valence-corrected chi connectivity index (χ0v) is 16.2. The first-order valence-electron chi connectivity index (χ1n) is 8.95. The summed E-state index contributed by atoms with van der Waals surface area (Å²) in [4.78, 5) is 23.5. The highest BCUT2D eigenvalue weighted by molar-refractivity contribution is 5.88. The van der Waals surface area contributed by atoms with E-state index in [9.17, 15) is 9.59 Å². The van der Waals surface area contributed by atoms with Crippen LogP contribution in [0.5, 0.6) is 11.5 Å². The Kier molecular flexibility index (Phi) is 6.61. The molecule has 0 amide bonds. The van der Waals surface area contributed by atoms with E-state index in [0.717, 1.165) is 16.9 Å². The summed E-state index contributed by atoms with van der Waals surface area (Å²) in [5, 5.41) is 9.02. The monoisotopic (exact) mass is 370 g/mol. The number of aryl methyl sites for hydroxylation is 2. The van der Waals surface area contributed by atoms with Gasteiger partial charge in [-0.1, -0.05) is 18.2 Å². The number of aromatic carboxylic acids is 1. The molecular weight excluding hydrogens is 344 g/mol. The van der Waals surface area contributed by atoms with Gasteiger partial charge in [-0.3, -0.25) is 4.79 Å². The fourth-order valence-electron chi connectivity index (χ4n) is 2.60. The number of hydrogen-bond acceptors (Lipinski definition) is 4. The SMILES string of the molecule is Cc1ccc(C)c(OCCCC(C)(C)C(=O)Oc2cccc(C(=O)O)c2)c1. The molecule has 0 bridgehead atoms. The largest absolute Gasteiger partial charge is 0.493 e. The van der Waals surface area contributed by atoms with E-state index in [1.165, 1.54) is 12.1 Å². The predicted molar refractivity (Wildman–Crippen MR) is 103 cm³/mol. The van der Waals surface area contributed by atoms with Crippen molar-refractivity contribution < 1.29 is 24.2 Å². The first kappa shape index (κ1) is 20.5. The fourth-order valence-corrected chi connectivity index (χ4v) is 2.60. The maximum absolute atomic E-state index is 12.5. The van der Waals surface area contributed by atoms with E-state index in [4.69, 9.17) is 14.6 Å². The molecule has 0 aliphatic rings. The van der Waals surface area contributed by atoms with Gasteiger partial charge < -0.3 is 14.6 Å². The molecule has 5 nitrogen and oxygen atoms in total. The van der Waals surface area contributed by atoms with Crippen molar-refractivity contribution >= 4 is 11.9 Å². The van der Waals surface area contributed by atoms with Gasteiger partial charge in [-0.05, 0) is 75.9 Å². The van der Waals surface area contributed by atoms with Crippen molar-refractivity contribution in [2.75, 3.05) is 6.61 Å². The summed E-state index contributed by atoms with van der Waals surface area (Å²) in [5.41, 5.74) is 1.60. The molecule has 0 aromatic heterocycles. The van der Waals surface area contributed by atoms with Crippen LogP contribution >= 0.6 is 0 Å². The van der Waals surface area contributed by atoms with Gasteiger partial charge in [0.15, 0.2) is 0 Å². The Bertz CT molecular complexity index is 823. The van der Waals surface area contributed by atoms with Crippen molar-refractivity contribution in [3.8, 4) is 11.5 Å². The molecule has 2 aromatic carbocycles. The van der Waals surface area contributed by atoms with E-state index in [0.29, 0.717) is 19.4 Å². The Hall–Kier alpha value is -2.82. The highest BCUT2D eigenvalue weighted by Crippen LogP contribution is 2.27. The number of carbonyl (C=O) groups excluding carboxylic acids is 1. The molecule has 1 N–H and O–H groups in total. The molecule has 0 unspecified atom stereocenters. The number of carbonyl (C=O) groups is 2. The number of hydrogen-bond donors (Lipinski definition) is 1. The minimum Gasteiger partial charge on any atom is -0.493 e. The fraction of sp³-hybridized carbons (Fsp3) is 0.364. The van der Waals surface area contributed by atoms with Crippen molar-refractivity contribution in [3.63, 3.8) is 0 Å². The van der Waals surface area contributed by atoms with Gasteiger partial charge in [0.1, 0.15) is 11.5 Å². The average Bonchev–Trinajstić information content (AvgIpc) is 2.61. The Balaban J connectivity index is 1.88. The first-order valence-corrected chi connectivity index (χ1v) is 8.95. The smallest absolute Gasteiger partial charge is 0.335 e. The van der Waals surface area contributed by atoms with E-state index in [1.807, 2.05) is 45.9 Å². The summed E-state index contributed by atoms with van der Waals surface area (Å²) in [6, 6.07) is 12.0. The Morgan fingerprint density at radius 2 is 1.81 bits per heavy atom. The standard InChI is InChI=1S/C22H26O5/c1-15-9-10-16(2)19(13-15)26-12-6-11-22(3,4)21(25)27-18-8-5-7-17(14-18)20(23)24/h5,7-10,13-14H,6,11-12H2,1-4H3,(H,23,24). The lowest BCUT2D eigenvalue weighted by molar-refractivity contribution is -0.144. The number of esters is 1. The van der Waals surface area contributed by atoms with Crippen LogP contribution in [0.25, 0.3) is 0 Å². The van der Waals surface area contributed by atoms with Crippen LogP contribution in [0.3, 0.4) is 0 Å². The highest BCUT2D eigenvalue weighted by Gasteiger charge is 2.29. The van der Waals surface area contributed by atoms with Gasteiger partial charge in [0.2, 0.25) is 0 Å². The first-order chi connectivity index (χ1) is 12.7. The molecule has 27 heavy (non-hydrogen) atoms. The normalized spacial score (nSPS) is 11.1. The second-order valence-corrected chi connectivity index (χ2v) is 7.33. The van der Waals surface area contributed by atoms with Gasteiger partial charge >= 0.3 is 11.9 Å². The van der Waals surface area contributed by atoms with Crippen LogP contribution in [0.15, 0.2) is 42.5 Å². The van der Waals surface area contributed by atoms with Gasteiger partial charge in [-0.15, -0.1) is 0 Å². The molecular formula is C22H26O5. The third-order valence-corrected chi connectivity index (χ3v) is 4.39. The lowest BCUT2D eigenvalue weighted by Crippen LogP contribution is -2.29. The van der Waals surface area contributed by atoms with Crippen LogP contribution in [0.2, 0.25) is 0 Å². The molecule has 0 radical (unpaired) electrons. The van der Waals surface area contributed by atoms with Gasteiger partial charge in [0, 0.05) is 0 Å². The number of rotatable bonds is 8. The molecule has 2 rings (SSSR count). The van der Waals surface area contributed by atoms with Gasteiger partial charge in [0.05, 0.1) is 17.6 Å². The molecule has 0 spiro atoms. The Morgan fingerprint density at radius 3 is 2.52 bits per heavy atom. The minimum absolute atomic E-state index is 0.0834. The lowest BCUT2D eigenvalue weighted by atomic mass is 9.88. The summed E-state index contributed by atoms with van der Waals surface area (Å²) < 4.78 is 11.2. The average molecular weight is 370 g/mol. The Morgan fingerprint density at radius 1 is 1.07 bits per heavy atom. The lowest BCUT2D eigenvalue weighted by Gasteiger charge is -2.22. The predicted octanol–water partition coefficient (Wildman–Crippen LogP) is 4.79. The number of carboxylic acids is 1. The zero-order chi connectivity index (χ0) is 20.0. The minimum atomic E-state index is -1.06. The van der Waals surface area contributed by atoms with Crippen LogP contribution in [0.4, 0.5) is 0 Å². The van der Waals surface area contributed by atoms with Crippen LogP contribution < -0.4 is 9.47 Å².